The van der Waals surface area contributed by atoms with E-state index in [-0.39, 0.29) is 27.4 Å². The second kappa shape index (κ2) is 5.83. The number of ether oxygens (including phenoxy) is 1. The van der Waals surface area contributed by atoms with Gasteiger partial charge < -0.3 is 4.74 Å². The highest BCUT2D eigenvalue weighted by Gasteiger charge is 2.40. The van der Waals surface area contributed by atoms with Crippen molar-refractivity contribution in [2.24, 2.45) is 0 Å². The number of rotatable bonds is 4. The molecule has 1 aliphatic heterocycles. The smallest absolute Gasteiger partial charge is 0.242 e. The van der Waals surface area contributed by atoms with Crippen LogP contribution in [0.5, 0.6) is 0 Å². The van der Waals surface area contributed by atoms with Crippen molar-refractivity contribution in [1.82, 2.24) is 4.90 Å². The lowest BCUT2D eigenvalue weighted by Crippen LogP contribution is -2.36. The van der Waals surface area contributed by atoms with E-state index in [1.54, 1.807) is 11.8 Å². The van der Waals surface area contributed by atoms with Gasteiger partial charge in [-0.05, 0) is 20.8 Å². The maximum Gasteiger partial charge on any atom is 0.242 e. The molecule has 1 unspecified atom stereocenters. The predicted molar refractivity (Wildman–Crippen MR) is 78.2 cm³/mol. The Bertz CT molecular complexity index is 355. The minimum Gasteiger partial charge on any atom is -0.374 e. The van der Waals surface area contributed by atoms with E-state index in [2.05, 4.69) is 20.8 Å². The Morgan fingerprint density at radius 1 is 1.21 bits per heavy atom. The van der Waals surface area contributed by atoms with Crippen molar-refractivity contribution >= 4 is 23.6 Å². The highest BCUT2D eigenvalue weighted by molar-refractivity contribution is 8.01. The summed E-state index contributed by atoms with van der Waals surface area (Å²) in [5.74, 6) is -0.147. The third kappa shape index (κ3) is 5.53. The van der Waals surface area contributed by atoms with Crippen LogP contribution >= 0.6 is 11.8 Å². The molecule has 0 radical (unpaired) electrons. The normalized spacial score (nSPS) is 21.4. The summed E-state index contributed by atoms with van der Waals surface area (Å²) in [5, 5.41) is -0.234. The molecule has 0 bridgehead atoms. The maximum absolute atomic E-state index is 12.2. The van der Waals surface area contributed by atoms with Gasteiger partial charge in [0.05, 0.1) is 24.0 Å². The fraction of sp³-hybridized carbons (Fsp3) is 0.857. The topological polar surface area (TPSA) is 46.6 Å². The van der Waals surface area contributed by atoms with E-state index in [1.807, 2.05) is 20.8 Å². The predicted octanol–water partition coefficient (Wildman–Crippen LogP) is 2.46. The standard InChI is InChI=1S/C14H25NO3S/c1-13(2,3)18-8-7-15-11(16)9-10(12(15)17)19-14(4,5)6/h10H,7-9H2,1-6H3. The van der Waals surface area contributed by atoms with Crippen molar-refractivity contribution in [1.29, 1.82) is 0 Å². The van der Waals surface area contributed by atoms with Gasteiger partial charge in [0.25, 0.3) is 0 Å². The lowest BCUT2D eigenvalue weighted by molar-refractivity contribution is -0.140. The number of carbonyl (C=O) groups is 2. The van der Waals surface area contributed by atoms with Crippen LogP contribution in [0.4, 0.5) is 0 Å². The van der Waals surface area contributed by atoms with Crippen LogP contribution in [0.1, 0.15) is 48.0 Å². The summed E-state index contributed by atoms with van der Waals surface area (Å²) >= 11 is 1.57. The van der Waals surface area contributed by atoms with Crippen LogP contribution in [0.3, 0.4) is 0 Å². The fourth-order valence-electron chi connectivity index (χ4n) is 1.85. The largest absolute Gasteiger partial charge is 0.374 e. The summed E-state index contributed by atoms with van der Waals surface area (Å²) in [6.45, 7) is 12.8. The molecule has 0 aromatic heterocycles. The van der Waals surface area contributed by atoms with E-state index in [0.717, 1.165) is 0 Å². The van der Waals surface area contributed by atoms with Crippen LogP contribution in [0, 0.1) is 0 Å². The van der Waals surface area contributed by atoms with Crippen LogP contribution in [-0.4, -0.2) is 45.5 Å². The van der Waals surface area contributed by atoms with E-state index >= 15 is 0 Å². The average molecular weight is 287 g/mol. The molecule has 1 fully saturated rings. The van der Waals surface area contributed by atoms with Gasteiger partial charge >= 0.3 is 0 Å². The van der Waals surface area contributed by atoms with Gasteiger partial charge in [-0.1, -0.05) is 20.8 Å². The third-order valence-electron chi connectivity index (χ3n) is 2.55. The summed E-state index contributed by atoms with van der Waals surface area (Å²) in [5.41, 5.74) is -0.245. The van der Waals surface area contributed by atoms with Crippen LogP contribution in [0.15, 0.2) is 0 Å². The van der Waals surface area contributed by atoms with Crippen LogP contribution < -0.4 is 0 Å². The number of likely N-dealkylation sites (tertiary alicyclic amines) is 1. The van der Waals surface area contributed by atoms with Gasteiger partial charge in [0.2, 0.25) is 11.8 Å². The van der Waals surface area contributed by atoms with Crippen LogP contribution in [0.25, 0.3) is 0 Å². The van der Waals surface area contributed by atoms with Crippen molar-refractivity contribution in [2.75, 3.05) is 13.2 Å². The molecule has 0 aromatic rings. The zero-order chi connectivity index (χ0) is 14.8. The van der Waals surface area contributed by atoms with Crippen molar-refractivity contribution < 1.29 is 14.3 Å². The molecular formula is C14H25NO3S. The molecule has 2 amide bonds. The molecular weight excluding hydrogens is 262 g/mol. The van der Waals surface area contributed by atoms with Crippen LogP contribution in [-0.2, 0) is 14.3 Å². The van der Waals surface area contributed by atoms with Crippen molar-refractivity contribution in [3.63, 3.8) is 0 Å². The van der Waals surface area contributed by atoms with E-state index in [9.17, 15) is 9.59 Å². The first-order valence-corrected chi connectivity index (χ1v) is 7.53. The molecule has 0 saturated carbocycles. The summed E-state index contributed by atoms with van der Waals surface area (Å²) < 4.78 is 5.56. The summed E-state index contributed by atoms with van der Waals surface area (Å²) in [7, 11) is 0. The SMILES string of the molecule is CC(C)(C)OCCN1C(=O)CC(SC(C)(C)C)C1=O. The Kier molecular flexibility index (Phi) is 5.07. The van der Waals surface area contributed by atoms with Crippen molar-refractivity contribution in [3.05, 3.63) is 0 Å². The zero-order valence-corrected chi connectivity index (χ0v) is 13.6. The van der Waals surface area contributed by atoms with Crippen LogP contribution in [0.2, 0.25) is 0 Å². The summed E-state index contributed by atoms with van der Waals surface area (Å²) in [6.07, 6.45) is 0.316. The molecule has 0 aliphatic carbocycles. The number of amides is 2. The lowest BCUT2D eigenvalue weighted by Gasteiger charge is -2.23. The van der Waals surface area contributed by atoms with E-state index in [4.69, 9.17) is 4.74 Å². The summed E-state index contributed by atoms with van der Waals surface area (Å²) in [6, 6.07) is 0. The Morgan fingerprint density at radius 3 is 2.26 bits per heavy atom. The molecule has 1 rings (SSSR count). The monoisotopic (exact) mass is 287 g/mol. The van der Waals surface area contributed by atoms with Gasteiger partial charge in [0, 0.05) is 11.2 Å². The second-order valence-corrected chi connectivity index (χ2v) is 8.80. The molecule has 1 saturated heterocycles. The van der Waals surface area contributed by atoms with E-state index in [0.29, 0.717) is 19.6 Å². The first-order valence-electron chi connectivity index (χ1n) is 6.65. The number of hydrogen-bond donors (Lipinski definition) is 0. The molecule has 5 heteroatoms. The molecule has 1 aliphatic rings. The molecule has 110 valence electrons. The maximum atomic E-state index is 12.2. The van der Waals surface area contributed by atoms with Gasteiger partial charge in [-0.25, -0.2) is 0 Å². The number of hydrogen-bond acceptors (Lipinski definition) is 4. The molecule has 0 spiro atoms. The average Bonchev–Trinajstić information content (AvgIpc) is 2.41. The quantitative estimate of drug-likeness (QED) is 0.745. The van der Waals surface area contributed by atoms with Gasteiger partial charge in [-0.15, -0.1) is 11.8 Å². The fourth-order valence-corrected chi connectivity index (χ4v) is 3.16. The molecule has 0 aromatic carbocycles. The second-order valence-electron chi connectivity index (χ2n) is 6.77. The number of nitrogens with zero attached hydrogens (tertiary/aromatic N) is 1. The van der Waals surface area contributed by atoms with Gasteiger partial charge in [-0.2, -0.15) is 0 Å². The van der Waals surface area contributed by atoms with Gasteiger partial charge in [-0.3, -0.25) is 14.5 Å². The Labute approximate surface area is 120 Å². The van der Waals surface area contributed by atoms with E-state index in [1.165, 1.54) is 4.90 Å². The number of thioether (sulfide) groups is 1. The third-order valence-corrected chi connectivity index (χ3v) is 3.91. The molecule has 1 heterocycles. The minimum atomic E-state index is -0.245. The first kappa shape index (κ1) is 16.5. The van der Waals surface area contributed by atoms with Gasteiger partial charge in [0.1, 0.15) is 0 Å². The zero-order valence-electron chi connectivity index (χ0n) is 12.8. The van der Waals surface area contributed by atoms with Crippen molar-refractivity contribution in [3.8, 4) is 0 Å². The molecule has 0 N–H and O–H groups in total. The number of carbonyl (C=O) groups excluding carboxylic acids is 2. The highest BCUT2D eigenvalue weighted by atomic mass is 32.2. The molecule has 19 heavy (non-hydrogen) atoms. The Morgan fingerprint density at radius 2 is 1.79 bits per heavy atom. The van der Waals surface area contributed by atoms with Crippen molar-refractivity contribution in [2.45, 2.75) is 63.6 Å². The van der Waals surface area contributed by atoms with Gasteiger partial charge in [0.15, 0.2) is 0 Å². The molecule has 1 atom stereocenters. The molecule has 4 nitrogen and oxygen atoms in total. The summed E-state index contributed by atoms with van der Waals surface area (Å²) in [4.78, 5) is 25.4. The minimum absolute atomic E-state index is 0.0154. The Balaban J connectivity index is 2.52. The Hall–Kier alpha value is -0.550. The first-order chi connectivity index (χ1) is 8.49. The van der Waals surface area contributed by atoms with E-state index < -0.39 is 0 Å². The number of imide groups is 1. The lowest BCUT2D eigenvalue weighted by atomic mass is 10.2. The highest BCUT2D eigenvalue weighted by Crippen LogP contribution is 2.34.